The zero-order valence-electron chi connectivity index (χ0n) is 18.6. The molecule has 0 saturated carbocycles. The average molecular weight is 509 g/mol. The van der Waals surface area contributed by atoms with Crippen molar-refractivity contribution < 1.29 is 29.0 Å². The van der Waals surface area contributed by atoms with Crippen LogP contribution < -0.4 is 5.32 Å². The Morgan fingerprint density at radius 3 is 2.78 bits per heavy atom. The number of hydrogen-bond donors (Lipinski definition) is 2. The summed E-state index contributed by atoms with van der Waals surface area (Å²) in [5, 5.41) is 12.8. The van der Waals surface area contributed by atoms with Gasteiger partial charge in [-0.15, -0.1) is 0 Å². The van der Waals surface area contributed by atoms with E-state index in [1.54, 1.807) is 13.8 Å². The lowest BCUT2D eigenvalue weighted by molar-refractivity contribution is -0.155. The van der Waals surface area contributed by atoms with Crippen molar-refractivity contribution in [2.75, 3.05) is 18.5 Å². The van der Waals surface area contributed by atoms with Crippen molar-refractivity contribution >= 4 is 39.4 Å². The highest BCUT2D eigenvalue weighted by molar-refractivity contribution is 9.09. The van der Waals surface area contributed by atoms with Gasteiger partial charge in [-0.25, -0.2) is 0 Å². The highest BCUT2D eigenvalue weighted by Crippen LogP contribution is 2.60. The molecule has 0 aliphatic carbocycles. The summed E-state index contributed by atoms with van der Waals surface area (Å²) in [5.74, 6) is -2.86. The molecule has 1 aromatic carbocycles. The Balaban J connectivity index is 1.76. The molecule has 1 aromatic rings. The van der Waals surface area contributed by atoms with Gasteiger partial charge in [0.15, 0.2) is 0 Å². The van der Waals surface area contributed by atoms with Crippen molar-refractivity contribution in [3.8, 4) is 0 Å². The van der Waals surface area contributed by atoms with Gasteiger partial charge < -0.3 is 24.8 Å². The van der Waals surface area contributed by atoms with Gasteiger partial charge in [0.2, 0.25) is 11.8 Å². The fourth-order valence-corrected chi connectivity index (χ4v) is 6.45. The fourth-order valence-electron chi connectivity index (χ4n) is 5.51. The van der Waals surface area contributed by atoms with Crippen molar-refractivity contribution in [3.05, 3.63) is 29.3 Å². The second kappa shape index (κ2) is 8.43. The minimum Gasteiger partial charge on any atom is -0.466 e. The number of nitrogens with zero attached hydrogens (tertiary/aromatic N) is 1. The van der Waals surface area contributed by atoms with E-state index in [2.05, 4.69) is 21.2 Å². The van der Waals surface area contributed by atoms with Crippen LogP contribution >= 0.6 is 15.9 Å². The van der Waals surface area contributed by atoms with Gasteiger partial charge in [0.05, 0.1) is 37.2 Å². The van der Waals surface area contributed by atoms with E-state index in [0.717, 1.165) is 11.1 Å². The minimum atomic E-state index is -1.17. The molecule has 1 spiro atoms. The number of aryl methyl sites for hydroxylation is 2. The van der Waals surface area contributed by atoms with Gasteiger partial charge >= 0.3 is 5.97 Å². The number of likely N-dealkylation sites (tertiary alicyclic amines) is 1. The van der Waals surface area contributed by atoms with E-state index < -0.39 is 41.6 Å². The first-order valence-electron chi connectivity index (χ1n) is 11.0. The topological polar surface area (TPSA) is 105 Å². The molecule has 3 saturated heterocycles. The van der Waals surface area contributed by atoms with Gasteiger partial charge in [0.1, 0.15) is 11.6 Å². The number of nitrogens with one attached hydrogen (secondary N) is 1. The number of aliphatic hydroxyl groups is 1. The van der Waals surface area contributed by atoms with Crippen LogP contribution in [0.2, 0.25) is 0 Å². The molecule has 3 aliphatic rings. The number of hydrogen-bond acceptors (Lipinski definition) is 6. The number of carbonyl (C=O) groups is 3. The molecule has 0 radical (unpaired) electrons. The third-order valence-electron chi connectivity index (χ3n) is 6.92. The summed E-state index contributed by atoms with van der Waals surface area (Å²) in [4.78, 5) is 41.3. The number of halogens is 1. The number of alkyl halides is 1. The molecule has 3 aliphatic heterocycles. The molecule has 8 nitrogen and oxygen atoms in total. The molecule has 2 amide bonds. The van der Waals surface area contributed by atoms with Crippen molar-refractivity contribution in [1.82, 2.24) is 4.90 Å². The lowest BCUT2D eigenvalue weighted by atomic mass is 9.70. The van der Waals surface area contributed by atoms with Gasteiger partial charge in [0, 0.05) is 10.5 Å². The second-order valence-electron chi connectivity index (χ2n) is 9.00. The minimum absolute atomic E-state index is 0.191. The molecule has 4 rings (SSSR count). The number of aliphatic hydroxyl groups excluding tert-OH is 1. The summed E-state index contributed by atoms with van der Waals surface area (Å²) in [6.07, 6.45) is -0.144. The Morgan fingerprint density at radius 2 is 2.12 bits per heavy atom. The number of fused-ring (bicyclic) bond motifs is 1. The molecule has 9 heteroatoms. The quantitative estimate of drug-likeness (QED) is 0.449. The van der Waals surface area contributed by atoms with Crippen LogP contribution in [0.4, 0.5) is 5.69 Å². The van der Waals surface area contributed by atoms with E-state index in [4.69, 9.17) is 9.47 Å². The van der Waals surface area contributed by atoms with Crippen LogP contribution in [0.3, 0.4) is 0 Å². The molecule has 0 aromatic heterocycles. The summed E-state index contributed by atoms with van der Waals surface area (Å²) in [6.45, 7) is 7.11. The van der Waals surface area contributed by atoms with Crippen LogP contribution in [0.15, 0.2) is 18.2 Å². The summed E-state index contributed by atoms with van der Waals surface area (Å²) in [6, 6.07) is 4.16. The average Bonchev–Trinajstić information content (AvgIpc) is 3.33. The smallest absolute Gasteiger partial charge is 0.312 e. The van der Waals surface area contributed by atoms with Crippen LogP contribution in [0.1, 0.15) is 31.4 Å². The largest absolute Gasteiger partial charge is 0.466 e. The third kappa shape index (κ3) is 3.36. The number of esters is 1. The summed E-state index contributed by atoms with van der Waals surface area (Å²) in [7, 11) is 0. The fraction of sp³-hybridized carbons (Fsp3) is 0.609. The molecular weight excluding hydrogens is 480 g/mol. The van der Waals surface area contributed by atoms with Gasteiger partial charge in [-0.3, -0.25) is 14.4 Å². The number of ether oxygens (including phenoxy) is 2. The van der Waals surface area contributed by atoms with Gasteiger partial charge in [-0.05, 0) is 51.3 Å². The summed E-state index contributed by atoms with van der Waals surface area (Å²) >= 11 is 3.60. The highest BCUT2D eigenvalue weighted by Gasteiger charge is 2.77. The molecule has 2 bridgehead atoms. The van der Waals surface area contributed by atoms with Crippen LogP contribution in [0, 0.1) is 25.7 Å². The van der Waals surface area contributed by atoms with Crippen molar-refractivity contribution in [2.24, 2.45) is 11.8 Å². The molecule has 3 heterocycles. The third-order valence-corrected chi connectivity index (χ3v) is 7.77. The molecule has 3 unspecified atom stereocenters. The summed E-state index contributed by atoms with van der Waals surface area (Å²) < 4.78 is 11.6. The Hall–Kier alpha value is -1.97. The first-order chi connectivity index (χ1) is 15.2. The lowest BCUT2D eigenvalue weighted by Gasteiger charge is -2.35. The maximum atomic E-state index is 13.7. The molecule has 3 fully saturated rings. The zero-order valence-corrected chi connectivity index (χ0v) is 20.2. The number of rotatable bonds is 6. The Labute approximate surface area is 195 Å². The number of carbonyl (C=O) groups excluding carboxylic acids is 3. The normalized spacial score (nSPS) is 33.9. The number of anilines is 1. The molecule has 174 valence electrons. The van der Waals surface area contributed by atoms with E-state index in [1.807, 2.05) is 32.0 Å². The first-order valence-corrected chi connectivity index (χ1v) is 11.9. The Kier molecular flexibility index (Phi) is 6.11. The second-order valence-corrected chi connectivity index (χ2v) is 10.2. The molecular formula is C23H29BrN2O6. The zero-order chi connectivity index (χ0) is 23.4. The maximum Gasteiger partial charge on any atom is 0.312 e. The molecule has 2 N–H and O–H groups in total. The number of benzene rings is 1. The Morgan fingerprint density at radius 1 is 1.41 bits per heavy atom. The number of amides is 2. The van der Waals surface area contributed by atoms with E-state index >= 15 is 0 Å². The van der Waals surface area contributed by atoms with Crippen molar-refractivity contribution in [1.29, 1.82) is 0 Å². The van der Waals surface area contributed by atoms with Gasteiger partial charge in [-0.1, -0.05) is 28.1 Å². The SMILES string of the molecule is CCOC(=O)[C@H]1[C@@H]2OC3(CC2Br)C(C(=O)Nc2cc(C)ccc2C)N([C@H](C)CO)C(=O)[C@H]13. The standard InChI is InChI=1S/C23H29BrN2O6/c1-5-31-22(30)16-17-21(29)26(13(4)10-27)19(23(17)9-14(24)18(16)32-23)20(28)25-15-8-11(2)6-7-12(15)3/h6-8,13-14,16-19,27H,5,9-10H2,1-4H3,(H,25,28)/t13-,14?,16-,17+,18-,19?,23?/m1/s1. The van der Waals surface area contributed by atoms with E-state index in [9.17, 15) is 19.5 Å². The lowest BCUT2D eigenvalue weighted by Crippen LogP contribution is -2.56. The van der Waals surface area contributed by atoms with Crippen LogP contribution in [-0.2, 0) is 23.9 Å². The molecule has 7 atom stereocenters. The van der Waals surface area contributed by atoms with E-state index in [-0.39, 0.29) is 29.9 Å². The monoisotopic (exact) mass is 508 g/mol. The van der Waals surface area contributed by atoms with Crippen LogP contribution in [0.25, 0.3) is 0 Å². The molecule has 32 heavy (non-hydrogen) atoms. The first kappa shape index (κ1) is 23.2. The van der Waals surface area contributed by atoms with Crippen LogP contribution in [0.5, 0.6) is 0 Å². The van der Waals surface area contributed by atoms with E-state index in [0.29, 0.717) is 12.1 Å². The highest BCUT2D eigenvalue weighted by atomic mass is 79.9. The van der Waals surface area contributed by atoms with Crippen molar-refractivity contribution in [3.63, 3.8) is 0 Å². The predicted octanol–water partition coefficient (Wildman–Crippen LogP) is 1.93. The van der Waals surface area contributed by atoms with E-state index in [1.165, 1.54) is 4.90 Å². The van der Waals surface area contributed by atoms with Crippen molar-refractivity contribution in [2.45, 2.75) is 62.7 Å². The van der Waals surface area contributed by atoms with Crippen LogP contribution in [-0.4, -0.2) is 69.6 Å². The summed E-state index contributed by atoms with van der Waals surface area (Å²) in [5.41, 5.74) is 1.37. The Bertz CT molecular complexity index is 954. The van der Waals surface area contributed by atoms with Gasteiger partial charge in [-0.2, -0.15) is 0 Å². The maximum absolute atomic E-state index is 13.7. The van der Waals surface area contributed by atoms with Gasteiger partial charge in [0.25, 0.3) is 0 Å². The predicted molar refractivity (Wildman–Crippen MR) is 120 cm³/mol.